The predicted octanol–water partition coefficient (Wildman–Crippen LogP) is 2.32. The summed E-state index contributed by atoms with van der Waals surface area (Å²) < 4.78 is 0. The SMILES string of the molecule is CC(=O)Nc1ccc(NC(=O)C(C)(C)C(=O)NCc2ccncc2)cc1. The molecule has 1 aromatic heterocycles. The van der Waals surface area contributed by atoms with Crippen LogP contribution in [0.4, 0.5) is 11.4 Å². The number of pyridine rings is 1. The van der Waals surface area contributed by atoms with E-state index in [1.165, 1.54) is 6.92 Å². The largest absolute Gasteiger partial charge is 0.351 e. The number of aromatic nitrogens is 1. The van der Waals surface area contributed by atoms with Crippen molar-refractivity contribution in [2.75, 3.05) is 10.6 Å². The van der Waals surface area contributed by atoms with Crippen LogP contribution in [0.15, 0.2) is 48.8 Å². The Morgan fingerprint density at radius 2 is 1.42 bits per heavy atom. The summed E-state index contributed by atoms with van der Waals surface area (Å²) >= 11 is 0. The van der Waals surface area contributed by atoms with Crippen molar-refractivity contribution in [2.24, 2.45) is 5.41 Å². The molecule has 0 saturated carbocycles. The summed E-state index contributed by atoms with van der Waals surface area (Å²) in [7, 11) is 0. The molecule has 0 unspecified atom stereocenters. The molecule has 0 aliphatic rings. The van der Waals surface area contributed by atoms with Gasteiger partial charge >= 0.3 is 0 Å². The molecule has 7 nitrogen and oxygen atoms in total. The maximum absolute atomic E-state index is 12.5. The first-order valence-electron chi connectivity index (χ1n) is 8.15. The number of benzene rings is 1. The normalized spacial score (nSPS) is 10.7. The molecule has 26 heavy (non-hydrogen) atoms. The topological polar surface area (TPSA) is 100 Å². The summed E-state index contributed by atoms with van der Waals surface area (Å²) in [6, 6.07) is 10.3. The number of amides is 3. The molecule has 0 fully saturated rings. The Morgan fingerprint density at radius 3 is 1.96 bits per heavy atom. The van der Waals surface area contributed by atoms with Crippen LogP contribution in [-0.4, -0.2) is 22.7 Å². The van der Waals surface area contributed by atoms with E-state index in [-0.39, 0.29) is 11.8 Å². The van der Waals surface area contributed by atoms with Crippen molar-refractivity contribution in [2.45, 2.75) is 27.3 Å². The van der Waals surface area contributed by atoms with Gasteiger partial charge in [0.25, 0.3) is 0 Å². The van der Waals surface area contributed by atoms with E-state index in [1.54, 1.807) is 62.6 Å². The minimum atomic E-state index is -1.25. The molecule has 7 heteroatoms. The van der Waals surface area contributed by atoms with Crippen molar-refractivity contribution in [3.8, 4) is 0 Å². The first-order valence-corrected chi connectivity index (χ1v) is 8.15. The first-order chi connectivity index (χ1) is 12.3. The highest BCUT2D eigenvalue weighted by molar-refractivity contribution is 6.09. The maximum atomic E-state index is 12.5. The van der Waals surface area contributed by atoms with Crippen LogP contribution in [0, 0.1) is 5.41 Å². The van der Waals surface area contributed by atoms with Crippen LogP contribution in [0.2, 0.25) is 0 Å². The lowest BCUT2D eigenvalue weighted by Gasteiger charge is -2.23. The minimum absolute atomic E-state index is 0.172. The summed E-state index contributed by atoms with van der Waals surface area (Å²) in [5.41, 5.74) is 0.825. The number of carbonyl (C=O) groups is 3. The second-order valence-electron chi connectivity index (χ2n) is 6.38. The number of rotatable bonds is 6. The van der Waals surface area contributed by atoms with Gasteiger partial charge in [-0.05, 0) is 55.8 Å². The Labute approximate surface area is 152 Å². The molecule has 0 saturated heterocycles. The summed E-state index contributed by atoms with van der Waals surface area (Å²) in [6.07, 6.45) is 3.29. The Kier molecular flexibility index (Phi) is 6.06. The zero-order valence-corrected chi connectivity index (χ0v) is 15.0. The van der Waals surface area contributed by atoms with Crippen molar-refractivity contribution in [3.63, 3.8) is 0 Å². The van der Waals surface area contributed by atoms with Crippen LogP contribution in [0.25, 0.3) is 0 Å². The zero-order valence-electron chi connectivity index (χ0n) is 15.0. The molecule has 2 aromatic rings. The standard InChI is InChI=1S/C19H22N4O3/c1-13(24)22-15-4-6-16(7-5-15)23-18(26)19(2,3)17(25)21-12-14-8-10-20-11-9-14/h4-11H,12H2,1-3H3,(H,21,25)(H,22,24)(H,23,26). The van der Waals surface area contributed by atoms with Gasteiger partial charge in [-0.2, -0.15) is 0 Å². The van der Waals surface area contributed by atoms with Gasteiger partial charge in [-0.15, -0.1) is 0 Å². The fourth-order valence-corrected chi connectivity index (χ4v) is 2.13. The molecule has 1 aromatic carbocycles. The molecular formula is C19H22N4O3. The van der Waals surface area contributed by atoms with Crippen LogP contribution >= 0.6 is 0 Å². The monoisotopic (exact) mass is 354 g/mol. The Bertz CT molecular complexity index is 786. The number of carbonyl (C=O) groups excluding carboxylic acids is 3. The van der Waals surface area contributed by atoms with Crippen LogP contribution in [0.3, 0.4) is 0 Å². The molecule has 1 heterocycles. The van der Waals surface area contributed by atoms with Gasteiger partial charge in [0.15, 0.2) is 0 Å². The quantitative estimate of drug-likeness (QED) is 0.693. The van der Waals surface area contributed by atoms with E-state index in [0.717, 1.165) is 5.56 Å². The molecule has 3 N–H and O–H groups in total. The average Bonchev–Trinajstić information content (AvgIpc) is 2.61. The van der Waals surface area contributed by atoms with E-state index in [1.807, 2.05) is 0 Å². The highest BCUT2D eigenvalue weighted by Crippen LogP contribution is 2.20. The number of hydrogen-bond donors (Lipinski definition) is 3. The van der Waals surface area contributed by atoms with Crippen molar-refractivity contribution in [1.29, 1.82) is 0 Å². The van der Waals surface area contributed by atoms with Crippen LogP contribution in [-0.2, 0) is 20.9 Å². The third-order valence-electron chi connectivity index (χ3n) is 3.80. The predicted molar refractivity (Wildman–Crippen MR) is 99.2 cm³/mol. The zero-order chi connectivity index (χ0) is 19.2. The van der Waals surface area contributed by atoms with E-state index >= 15 is 0 Å². The van der Waals surface area contributed by atoms with Crippen LogP contribution < -0.4 is 16.0 Å². The van der Waals surface area contributed by atoms with Crippen molar-refractivity contribution in [3.05, 3.63) is 54.4 Å². The third-order valence-corrected chi connectivity index (χ3v) is 3.80. The van der Waals surface area contributed by atoms with Gasteiger partial charge < -0.3 is 16.0 Å². The van der Waals surface area contributed by atoms with Crippen molar-refractivity contribution in [1.82, 2.24) is 10.3 Å². The second kappa shape index (κ2) is 8.24. The van der Waals surface area contributed by atoms with E-state index in [4.69, 9.17) is 0 Å². The lowest BCUT2D eigenvalue weighted by atomic mass is 9.91. The number of nitrogens with one attached hydrogen (secondary N) is 3. The molecule has 3 amide bonds. The minimum Gasteiger partial charge on any atom is -0.351 e. The summed E-state index contributed by atoms with van der Waals surface area (Å²) in [4.78, 5) is 39.8. The molecule has 0 spiro atoms. The van der Waals surface area contributed by atoms with Gasteiger partial charge in [0.05, 0.1) is 0 Å². The van der Waals surface area contributed by atoms with Gasteiger partial charge in [-0.3, -0.25) is 19.4 Å². The molecule has 0 radical (unpaired) electrons. The van der Waals surface area contributed by atoms with E-state index in [9.17, 15) is 14.4 Å². The van der Waals surface area contributed by atoms with Crippen LogP contribution in [0.5, 0.6) is 0 Å². The van der Waals surface area contributed by atoms with Gasteiger partial charge in [0.1, 0.15) is 5.41 Å². The summed E-state index contributed by atoms with van der Waals surface area (Å²) in [5.74, 6) is -0.965. The van der Waals surface area contributed by atoms with Crippen molar-refractivity contribution >= 4 is 29.1 Å². The first kappa shape index (κ1) is 19.1. The Balaban J connectivity index is 1.95. The molecule has 0 atom stereocenters. The molecule has 0 bridgehead atoms. The fraction of sp³-hybridized carbons (Fsp3) is 0.263. The highest BCUT2D eigenvalue weighted by Gasteiger charge is 2.35. The molecule has 0 aliphatic heterocycles. The molecular weight excluding hydrogens is 332 g/mol. The Morgan fingerprint density at radius 1 is 0.885 bits per heavy atom. The lowest BCUT2D eigenvalue weighted by molar-refractivity contribution is -0.138. The third kappa shape index (κ3) is 5.14. The number of hydrogen-bond acceptors (Lipinski definition) is 4. The fourth-order valence-electron chi connectivity index (χ4n) is 2.13. The lowest BCUT2D eigenvalue weighted by Crippen LogP contribution is -2.44. The second-order valence-corrected chi connectivity index (χ2v) is 6.38. The van der Waals surface area contributed by atoms with Gasteiger partial charge in [0.2, 0.25) is 17.7 Å². The van der Waals surface area contributed by atoms with E-state index in [2.05, 4.69) is 20.9 Å². The summed E-state index contributed by atoms with van der Waals surface area (Å²) in [5, 5.41) is 8.13. The maximum Gasteiger partial charge on any atom is 0.239 e. The highest BCUT2D eigenvalue weighted by atomic mass is 16.2. The average molecular weight is 354 g/mol. The van der Waals surface area contributed by atoms with E-state index in [0.29, 0.717) is 17.9 Å². The van der Waals surface area contributed by atoms with E-state index < -0.39 is 11.3 Å². The molecule has 0 aliphatic carbocycles. The number of nitrogens with zero attached hydrogens (tertiary/aromatic N) is 1. The molecule has 2 rings (SSSR count). The Hall–Kier alpha value is -3.22. The van der Waals surface area contributed by atoms with Gasteiger partial charge in [-0.25, -0.2) is 0 Å². The summed E-state index contributed by atoms with van der Waals surface area (Å²) in [6.45, 7) is 4.87. The van der Waals surface area contributed by atoms with Crippen molar-refractivity contribution < 1.29 is 14.4 Å². The number of anilines is 2. The van der Waals surface area contributed by atoms with Crippen LogP contribution in [0.1, 0.15) is 26.3 Å². The smallest absolute Gasteiger partial charge is 0.239 e. The molecule has 136 valence electrons. The van der Waals surface area contributed by atoms with Gasteiger partial charge in [0, 0.05) is 37.2 Å². The van der Waals surface area contributed by atoms with Gasteiger partial charge in [-0.1, -0.05) is 0 Å².